The molecule has 0 radical (unpaired) electrons. The van der Waals surface area contributed by atoms with E-state index in [4.69, 9.17) is 4.74 Å². The van der Waals surface area contributed by atoms with Crippen LogP contribution < -0.4 is 16.0 Å². The average Bonchev–Trinajstić information content (AvgIpc) is 3.15. The number of nitrogens with one attached hydrogen (secondary N) is 3. The molecule has 0 spiro atoms. The molecule has 0 aromatic rings. The minimum absolute atomic E-state index is 0.00287. The fraction of sp³-hybridized carbons (Fsp3) is 0.800. The molecule has 156 valence electrons. The van der Waals surface area contributed by atoms with Gasteiger partial charge in [0.1, 0.15) is 6.10 Å². The Hall–Kier alpha value is -1.96. The first-order chi connectivity index (χ1) is 13.5. The molecule has 0 aromatic carbocycles. The number of carbonyl (C=O) groups excluding carboxylic acids is 4. The maximum Gasteiger partial charge on any atom is 0.239 e. The van der Waals surface area contributed by atoms with Gasteiger partial charge in [0.25, 0.3) is 0 Å². The molecule has 3 amide bonds. The van der Waals surface area contributed by atoms with Crippen molar-refractivity contribution >= 4 is 23.5 Å². The molecular formula is C20H31N3O5. The third-order valence-electron chi connectivity index (χ3n) is 5.97. The van der Waals surface area contributed by atoms with Crippen LogP contribution in [0.4, 0.5) is 0 Å². The second-order valence-corrected chi connectivity index (χ2v) is 8.21. The van der Waals surface area contributed by atoms with Gasteiger partial charge in [-0.1, -0.05) is 38.5 Å². The maximum atomic E-state index is 12.4. The first-order valence-electron chi connectivity index (χ1n) is 10.5. The highest BCUT2D eigenvalue weighted by Gasteiger charge is 2.38. The van der Waals surface area contributed by atoms with Gasteiger partial charge in [-0.3, -0.25) is 19.2 Å². The highest BCUT2D eigenvalue weighted by Crippen LogP contribution is 2.29. The summed E-state index contributed by atoms with van der Waals surface area (Å²) >= 11 is 0. The Balaban J connectivity index is 1.37. The molecular weight excluding hydrogens is 362 g/mol. The Labute approximate surface area is 165 Å². The normalized spacial score (nSPS) is 23.2. The summed E-state index contributed by atoms with van der Waals surface area (Å²) in [5, 5.41) is 7.89. The molecule has 3 rings (SSSR count). The molecule has 2 atom stereocenters. The van der Waals surface area contributed by atoms with Crippen LogP contribution in [0.25, 0.3) is 0 Å². The van der Waals surface area contributed by atoms with Crippen molar-refractivity contribution in [1.29, 1.82) is 0 Å². The number of ketones is 1. The van der Waals surface area contributed by atoms with Crippen molar-refractivity contribution in [2.45, 2.75) is 69.9 Å². The van der Waals surface area contributed by atoms with Crippen LogP contribution in [0.15, 0.2) is 0 Å². The zero-order valence-corrected chi connectivity index (χ0v) is 16.3. The van der Waals surface area contributed by atoms with Crippen molar-refractivity contribution in [3.05, 3.63) is 0 Å². The minimum Gasteiger partial charge on any atom is -0.365 e. The number of ether oxygens (including phenoxy) is 1. The molecule has 1 heterocycles. The van der Waals surface area contributed by atoms with Gasteiger partial charge in [0.15, 0.2) is 5.78 Å². The largest absolute Gasteiger partial charge is 0.365 e. The van der Waals surface area contributed by atoms with E-state index in [9.17, 15) is 19.2 Å². The Morgan fingerprint density at radius 3 is 2.11 bits per heavy atom. The van der Waals surface area contributed by atoms with Gasteiger partial charge in [0, 0.05) is 5.92 Å². The van der Waals surface area contributed by atoms with Gasteiger partial charge in [0.2, 0.25) is 17.7 Å². The van der Waals surface area contributed by atoms with E-state index in [2.05, 4.69) is 16.0 Å². The first-order valence-corrected chi connectivity index (χ1v) is 10.5. The van der Waals surface area contributed by atoms with Crippen LogP contribution in [-0.4, -0.2) is 55.3 Å². The van der Waals surface area contributed by atoms with E-state index in [0.717, 1.165) is 38.5 Å². The zero-order valence-electron chi connectivity index (χ0n) is 16.3. The van der Waals surface area contributed by atoms with E-state index in [1.807, 2.05) is 0 Å². The SMILES string of the molecule is O=C(CNC(=O)C1CCCC1)NCC(=O)NC(CC1CCCC1)C(=O)C1CO1. The molecule has 2 unspecified atom stereocenters. The summed E-state index contributed by atoms with van der Waals surface area (Å²) in [7, 11) is 0. The quantitative estimate of drug-likeness (QED) is 0.466. The molecule has 3 aliphatic rings. The Kier molecular flexibility index (Phi) is 7.42. The highest BCUT2D eigenvalue weighted by atomic mass is 16.6. The molecule has 0 bridgehead atoms. The lowest BCUT2D eigenvalue weighted by Crippen LogP contribution is -2.48. The van der Waals surface area contributed by atoms with E-state index in [1.165, 1.54) is 12.8 Å². The van der Waals surface area contributed by atoms with Crippen molar-refractivity contribution in [1.82, 2.24) is 16.0 Å². The molecule has 0 aromatic heterocycles. The standard InChI is InChI=1S/C20H31N3O5/c24-17(10-22-20(27)14-7-3-4-8-14)21-11-18(25)23-15(19(26)16-12-28-16)9-13-5-1-2-6-13/h13-16H,1-12H2,(H,21,24)(H,22,27)(H,23,25). The number of epoxide rings is 1. The first kappa shape index (κ1) is 20.8. The summed E-state index contributed by atoms with van der Waals surface area (Å²) in [4.78, 5) is 48.4. The van der Waals surface area contributed by atoms with Gasteiger partial charge >= 0.3 is 0 Å². The van der Waals surface area contributed by atoms with Crippen molar-refractivity contribution in [2.75, 3.05) is 19.7 Å². The molecule has 2 aliphatic carbocycles. The molecule has 2 saturated carbocycles. The lowest BCUT2D eigenvalue weighted by Gasteiger charge is -2.20. The lowest BCUT2D eigenvalue weighted by atomic mass is 9.94. The predicted molar refractivity (Wildman–Crippen MR) is 101 cm³/mol. The molecule has 3 N–H and O–H groups in total. The molecule has 1 aliphatic heterocycles. The van der Waals surface area contributed by atoms with Gasteiger partial charge in [-0.2, -0.15) is 0 Å². The van der Waals surface area contributed by atoms with E-state index in [1.54, 1.807) is 0 Å². The van der Waals surface area contributed by atoms with Crippen LogP contribution in [0.2, 0.25) is 0 Å². The molecule has 8 heteroatoms. The van der Waals surface area contributed by atoms with Crippen LogP contribution in [-0.2, 0) is 23.9 Å². The monoisotopic (exact) mass is 393 g/mol. The number of hydrogen-bond acceptors (Lipinski definition) is 5. The summed E-state index contributed by atoms with van der Waals surface area (Å²) in [5.74, 6) is -0.520. The summed E-state index contributed by atoms with van der Waals surface area (Å²) in [5.41, 5.74) is 0. The number of rotatable bonds is 10. The van der Waals surface area contributed by atoms with Gasteiger partial charge in [-0.15, -0.1) is 0 Å². The minimum atomic E-state index is -0.554. The Morgan fingerprint density at radius 2 is 1.46 bits per heavy atom. The lowest BCUT2D eigenvalue weighted by molar-refractivity contribution is -0.130. The van der Waals surface area contributed by atoms with Gasteiger partial charge in [-0.05, 0) is 25.2 Å². The van der Waals surface area contributed by atoms with Crippen LogP contribution in [0.5, 0.6) is 0 Å². The van der Waals surface area contributed by atoms with Gasteiger partial charge in [-0.25, -0.2) is 0 Å². The number of carbonyl (C=O) groups is 4. The van der Waals surface area contributed by atoms with E-state index in [0.29, 0.717) is 18.9 Å². The fourth-order valence-electron chi connectivity index (χ4n) is 4.25. The second kappa shape index (κ2) is 10.0. The molecule has 28 heavy (non-hydrogen) atoms. The van der Waals surface area contributed by atoms with Crippen molar-refractivity contribution in [3.8, 4) is 0 Å². The van der Waals surface area contributed by atoms with Crippen molar-refractivity contribution in [3.63, 3.8) is 0 Å². The third kappa shape index (κ3) is 6.29. The highest BCUT2D eigenvalue weighted by molar-refractivity contribution is 5.94. The van der Waals surface area contributed by atoms with Crippen LogP contribution in [0.1, 0.15) is 57.8 Å². The third-order valence-corrected chi connectivity index (χ3v) is 5.97. The molecule has 3 fully saturated rings. The maximum absolute atomic E-state index is 12.4. The van der Waals surface area contributed by atoms with E-state index < -0.39 is 24.0 Å². The summed E-state index contributed by atoms with van der Waals surface area (Å²) in [6.07, 6.45) is 8.60. The number of amides is 3. The van der Waals surface area contributed by atoms with Crippen molar-refractivity contribution in [2.24, 2.45) is 11.8 Å². The predicted octanol–water partition coefficient (Wildman–Crippen LogP) is 0.442. The fourth-order valence-corrected chi connectivity index (χ4v) is 4.25. The second-order valence-electron chi connectivity index (χ2n) is 8.21. The van der Waals surface area contributed by atoms with E-state index in [-0.39, 0.29) is 30.7 Å². The van der Waals surface area contributed by atoms with Crippen molar-refractivity contribution < 1.29 is 23.9 Å². The van der Waals surface area contributed by atoms with Gasteiger partial charge < -0.3 is 20.7 Å². The van der Waals surface area contributed by atoms with E-state index >= 15 is 0 Å². The summed E-state index contributed by atoms with van der Waals surface area (Å²) in [6, 6.07) is -0.554. The number of hydrogen-bond donors (Lipinski definition) is 3. The smallest absolute Gasteiger partial charge is 0.239 e. The number of Topliss-reactive ketones (excluding diaryl/α,β-unsaturated/α-hetero) is 1. The Bertz CT molecular complexity index is 593. The van der Waals surface area contributed by atoms with Crippen LogP contribution in [0.3, 0.4) is 0 Å². The molecule has 8 nitrogen and oxygen atoms in total. The Morgan fingerprint density at radius 1 is 0.857 bits per heavy atom. The topological polar surface area (TPSA) is 117 Å². The van der Waals surface area contributed by atoms with Crippen LogP contribution >= 0.6 is 0 Å². The van der Waals surface area contributed by atoms with Crippen LogP contribution in [0, 0.1) is 11.8 Å². The van der Waals surface area contributed by atoms with Gasteiger partial charge in [0.05, 0.1) is 25.7 Å². The zero-order chi connectivity index (χ0) is 19.9. The summed E-state index contributed by atoms with van der Waals surface area (Å²) < 4.78 is 5.08. The average molecular weight is 393 g/mol. The molecule has 1 saturated heterocycles. The summed E-state index contributed by atoms with van der Waals surface area (Å²) in [6.45, 7) is 0.0777.